The van der Waals surface area contributed by atoms with Crippen molar-refractivity contribution in [2.24, 2.45) is 7.05 Å². The van der Waals surface area contributed by atoms with Gasteiger partial charge in [-0.2, -0.15) is 0 Å². The van der Waals surface area contributed by atoms with Crippen molar-refractivity contribution in [3.63, 3.8) is 0 Å². The number of Topliss-reactive ketones (excluding diaryl/α,β-unsaturated/α-hetero) is 1. The Labute approximate surface area is 108 Å². The number of nitrogens with zero attached hydrogens (tertiary/aromatic N) is 3. The Morgan fingerprint density at radius 2 is 1.94 bits per heavy atom. The fourth-order valence-corrected chi connectivity index (χ4v) is 2.84. The normalized spacial score (nSPS) is 19.9. The largest absolute Gasteiger partial charge is 0.382 e. The van der Waals surface area contributed by atoms with E-state index in [9.17, 15) is 9.90 Å². The van der Waals surface area contributed by atoms with Gasteiger partial charge in [-0.25, -0.2) is 4.68 Å². The van der Waals surface area contributed by atoms with Gasteiger partial charge in [-0.3, -0.25) is 4.79 Å². The lowest BCUT2D eigenvalue weighted by molar-refractivity contribution is 0.0228. The van der Waals surface area contributed by atoms with Gasteiger partial charge in [-0.1, -0.05) is 30.9 Å². The number of carbonyl (C=O) groups is 1. The molecule has 1 aromatic heterocycles. The molecule has 1 N–H and O–H groups in total. The predicted octanol–water partition coefficient (Wildman–Crippen LogP) is 1.85. The first-order valence-corrected chi connectivity index (χ1v) is 6.66. The van der Waals surface area contributed by atoms with E-state index in [1.807, 2.05) is 0 Å². The highest BCUT2D eigenvalue weighted by atomic mass is 79.9. The first-order chi connectivity index (χ1) is 8.04. The predicted molar refractivity (Wildman–Crippen MR) is 65.7 cm³/mol. The highest BCUT2D eigenvalue weighted by Crippen LogP contribution is 2.31. The summed E-state index contributed by atoms with van der Waals surface area (Å²) in [5, 5.41) is 18.1. The van der Waals surface area contributed by atoms with Crippen LogP contribution < -0.4 is 0 Å². The summed E-state index contributed by atoms with van der Waals surface area (Å²) in [7, 11) is 1.66. The van der Waals surface area contributed by atoms with Gasteiger partial charge in [-0.05, 0) is 28.8 Å². The molecule has 0 radical (unpaired) electrons. The Morgan fingerprint density at radius 3 is 2.41 bits per heavy atom. The van der Waals surface area contributed by atoms with Crippen LogP contribution in [0.25, 0.3) is 0 Å². The van der Waals surface area contributed by atoms with Gasteiger partial charge >= 0.3 is 0 Å². The summed E-state index contributed by atoms with van der Waals surface area (Å²) in [6.07, 6.45) is 5.02. The van der Waals surface area contributed by atoms with Gasteiger partial charge in [0.2, 0.25) is 5.78 Å². The van der Waals surface area contributed by atoms with Gasteiger partial charge in [-0.15, -0.1) is 5.10 Å². The number of hydrogen-bond acceptors (Lipinski definition) is 4. The first-order valence-electron chi connectivity index (χ1n) is 5.87. The molecular formula is C11H16BrN3O2. The van der Waals surface area contributed by atoms with Crippen LogP contribution in [0, 0.1) is 0 Å². The van der Waals surface area contributed by atoms with Gasteiger partial charge in [0.15, 0.2) is 4.60 Å². The third kappa shape index (κ3) is 2.42. The number of hydrogen-bond donors (Lipinski definition) is 1. The summed E-state index contributed by atoms with van der Waals surface area (Å²) < 4.78 is 1.82. The van der Waals surface area contributed by atoms with E-state index in [0.717, 1.165) is 25.7 Å². The van der Waals surface area contributed by atoms with Crippen LogP contribution >= 0.6 is 15.9 Å². The lowest BCUT2D eigenvalue weighted by Crippen LogP contribution is -2.39. The molecule has 5 nitrogen and oxygen atoms in total. The monoisotopic (exact) mass is 301 g/mol. The molecule has 0 aromatic carbocycles. The van der Waals surface area contributed by atoms with E-state index >= 15 is 0 Å². The van der Waals surface area contributed by atoms with Crippen molar-refractivity contribution < 1.29 is 9.90 Å². The number of aryl methyl sites for hydroxylation is 1. The summed E-state index contributed by atoms with van der Waals surface area (Å²) in [5.74, 6) is -0.265. The molecule has 0 aliphatic heterocycles. The average molecular weight is 302 g/mol. The van der Waals surface area contributed by atoms with Crippen molar-refractivity contribution >= 4 is 21.7 Å². The highest BCUT2D eigenvalue weighted by Gasteiger charge is 2.39. The molecule has 1 aliphatic carbocycles. The number of rotatable bonds is 2. The molecule has 0 amide bonds. The molecule has 17 heavy (non-hydrogen) atoms. The second-order valence-corrected chi connectivity index (χ2v) is 5.38. The minimum absolute atomic E-state index is 0.265. The number of aliphatic hydroxyl groups is 1. The van der Waals surface area contributed by atoms with E-state index in [1.54, 1.807) is 7.05 Å². The van der Waals surface area contributed by atoms with Crippen LogP contribution in [0.5, 0.6) is 0 Å². The average Bonchev–Trinajstić information content (AvgIpc) is 2.52. The second kappa shape index (κ2) is 4.86. The Hall–Kier alpha value is -0.750. The summed E-state index contributed by atoms with van der Waals surface area (Å²) in [6, 6.07) is 0. The Morgan fingerprint density at radius 1 is 1.35 bits per heavy atom. The second-order valence-electron chi connectivity index (χ2n) is 4.63. The maximum absolute atomic E-state index is 12.4. The van der Waals surface area contributed by atoms with E-state index in [-0.39, 0.29) is 5.78 Å². The summed E-state index contributed by atoms with van der Waals surface area (Å²) >= 11 is 3.20. The fraction of sp³-hybridized carbons (Fsp3) is 0.727. The minimum atomic E-state index is -1.24. The van der Waals surface area contributed by atoms with Crippen LogP contribution in [0.2, 0.25) is 0 Å². The molecule has 0 spiro atoms. The van der Waals surface area contributed by atoms with Crippen LogP contribution in [0.1, 0.15) is 49.0 Å². The van der Waals surface area contributed by atoms with Crippen LogP contribution in [0.3, 0.4) is 0 Å². The Kier molecular flexibility index (Phi) is 3.63. The SMILES string of the molecule is Cn1nnc(Br)c1C(=O)C1(O)CCCCCC1. The molecule has 1 fully saturated rings. The first kappa shape index (κ1) is 12.7. The molecule has 0 unspecified atom stereocenters. The third-order valence-electron chi connectivity index (χ3n) is 3.35. The van der Waals surface area contributed by atoms with Crippen LogP contribution in [0.4, 0.5) is 0 Å². The third-order valence-corrected chi connectivity index (χ3v) is 3.89. The molecule has 1 aromatic rings. The fourth-order valence-electron chi connectivity index (χ4n) is 2.33. The van der Waals surface area contributed by atoms with E-state index in [1.165, 1.54) is 4.68 Å². The molecule has 0 saturated heterocycles. The molecule has 94 valence electrons. The van der Waals surface area contributed by atoms with E-state index in [0.29, 0.717) is 23.1 Å². The zero-order valence-corrected chi connectivity index (χ0v) is 11.4. The number of carbonyl (C=O) groups excluding carboxylic acids is 1. The van der Waals surface area contributed by atoms with Gasteiger partial charge < -0.3 is 5.11 Å². The van der Waals surface area contributed by atoms with Crippen molar-refractivity contribution in [3.8, 4) is 0 Å². The highest BCUT2D eigenvalue weighted by molar-refractivity contribution is 9.10. The minimum Gasteiger partial charge on any atom is -0.382 e. The lowest BCUT2D eigenvalue weighted by Gasteiger charge is -2.24. The number of ketones is 1. The molecule has 2 rings (SSSR count). The van der Waals surface area contributed by atoms with Crippen molar-refractivity contribution in [1.82, 2.24) is 15.0 Å². The molecule has 1 saturated carbocycles. The standard InChI is InChI=1S/C11H16BrN3O2/c1-15-8(10(12)13-14-15)9(16)11(17)6-4-2-3-5-7-11/h17H,2-7H2,1H3. The van der Waals surface area contributed by atoms with Gasteiger partial charge in [0.1, 0.15) is 11.3 Å². The Bertz CT molecular complexity index is 403. The summed E-state index contributed by atoms with van der Waals surface area (Å²) in [4.78, 5) is 12.4. The van der Waals surface area contributed by atoms with E-state index < -0.39 is 5.60 Å². The number of aromatic nitrogens is 3. The summed E-state index contributed by atoms with van der Waals surface area (Å²) in [6.45, 7) is 0. The van der Waals surface area contributed by atoms with Crippen molar-refractivity contribution in [2.75, 3.05) is 0 Å². The molecule has 0 bridgehead atoms. The summed E-state index contributed by atoms with van der Waals surface area (Å²) in [5.41, 5.74) is -0.886. The van der Waals surface area contributed by atoms with E-state index in [2.05, 4.69) is 26.2 Å². The number of halogens is 1. The molecule has 0 atom stereocenters. The van der Waals surface area contributed by atoms with Gasteiger partial charge in [0, 0.05) is 7.05 Å². The zero-order chi connectivity index (χ0) is 12.5. The van der Waals surface area contributed by atoms with Crippen molar-refractivity contribution in [2.45, 2.75) is 44.1 Å². The van der Waals surface area contributed by atoms with Gasteiger partial charge in [0.25, 0.3) is 0 Å². The molecule has 1 aliphatic rings. The van der Waals surface area contributed by atoms with E-state index in [4.69, 9.17) is 0 Å². The van der Waals surface area contributed by atoms with Crippen molar-refractivity contribution in [1.29, 1.82) is 0 Å². The maximum Gasteiger partial charge on any atom is 0.215 e. The zero-order valence-electron chi connectivity index (χ0n) is 9.82. The Balaban J connectivity index is 2.29. The lowest BCUT2D eigenvalue weighted by atomic mass is 9.88. The van der Waals surface area contributed by atoms with Crippen LogP contribution in [-0.4, -0.2) is 31.5 Å². The molecule has 6 heteroatoms. The quantitative estimate of drug-likeness (QED) is 0.668. The van der Waals surface area contributed by atoms with Crippen molar-refractivity contribution in [3.05, 3.63) is 10.3 Å². The maximum atomic E-state index is 12.4. The van der Waals surface area contributed by atoms with Crippen LogP contribution in [-0.2, 0) is 7.05 Å². The van der Waals surface area contributed by atoms with Gasteiger partial charge in [0.05, 0.1) is 0 Å². The molecule has 1 heterocycles. The molecular weight excluding hydrogens is 286 g/mol. The smallest absolute Gasteiger partial charge is 0.215 e. The topological polar surface area (TPSA) is 68.0 Å². The van der Waals surface area contributed by atoms with Crippen LogP contribution in [0.15, 0.2) is 4.60 Å².